The zero-order chi connectivity index (χ0) is 91.8. The van der Waals surface area contributed by atoms with Gasteiger partial charge in [0.15, 0.2) is 0 Å². The standard InChI is InChI=1S/C12H17Cl.C11H14ClF.4C10H13Br.C10H13Cl.C10H13F.C10H14O.C2H6.5CH4O.2CH4/c1-8-6-9(2)11(10(13)7-8)12(3,4)5;1-7-5-8(13)6-9(12)10(7)11(2,3)4;6*1-10(2,3)8-6-4-5-7-9(8)11;1-10(2,3)8-4-6-9(11)7-5-8;6*1-2;;/h6-7H,1-5H3;5-6H,1-4H3;6*4-7H,1-3H3;4-7,11H,1-3H3;1-2H3;5*2H,1H3;2*1H4. The SMILES string of the molecule is C.C.CC.CC(C)(C)c1ccc(O)cc1.CC(C)(C)c1ccccc1Br.CC(C)(C)c1ccccc1Br.CC(C)(C)c1ccccc1Br.CC(C)(C)c1ccccc1Br.CC(C)(C)c1ccccc1Cl.CC(C)(C)c1ccccc1F.CO.CO.CO.CO.CO.Cc1cc(C)c(C(C)(C)C)c(Cl)c1.Cc1cc(F)cc(Cl)c1C(C)(C)C. The molecule has 0 amide bonds. The Balaban J connectivity index is -0.000000187. The molecule has 9 aromatic carbocycles. The van der Waals surface area contributed by atoms with E-state index in [1.54, 1.807) is 18.2 Å². The number of phenolic OH excluding ortho intramolecular Hbond substituents is 1. The monoisotopic (exact) mass is 1940 g/mol. The topological polar surface area (TPSA) is 121 Å². The first-order valence-corrected chi connectivity index (χ1v) is 42.8. The minimum absolute atomic E-state index is 0. The van der Waals surface area contributed by atoms with E-state index in [9.17, 15) is 8.78 Å². The molecular weight excluding hydrogens is 1790 g/mol. The van der Waals surface area contributed by atoms with E-state index in [1.165, 1.54) is 86.2 Å². The summed E-state index contributed by atoms with van der Waals surface area (Å²) in [6, 6.07) is 62.8. The molecule has 0 saturated heterocycles. The summed E-state index contributed by atoms with van der Waals surface area (Å²) in [6.45, 7) is 68.4. The van der Waals surface area contributed by atoms with Crippen LogP contribution in [0.3, 0.4) is 0 Å². The molecule has 6 N–H and O–H groups in total. The minimum atomic E-state index is -0.268. The van der Waals surface area contributed by atoms with E-state index >= 15 is 0 Å². The van der Waals surface area contributed by atoms with Gasteiger partial charge in [0.2, 0.25) is 0 Å². The van der Waals surface area contributed by atoms with Gasteiger partial charge in [0.05, 0.1) is 0 Å². The number of aromatic hydroxyl groups is 1. The predicted molar refractivity (Wildman–Crippen MR) is 533 cm³/mol. The predicted octanol–water partition coefficient (Wildman–Crippen LogP) is 33.1. The first-order chi connectivity index (χ1) is 52.7. The fraction of sp³-hybridized carbons (Fsp3) is 0.471. The number of hydrogen-bond donors (Lipinski definition) is 6. The number of aliphatic hydroxyl groups excluding tert-OH is 5. The maximum absolute atomic E-state index is 13.1. The molecule has 0 bridgehead atoms. The van der Waals surface area contributed by atoms with Crippen molar-refractivity contribution < 1.29 is 39.4 Å². The highest BCUT2D eigenvalue weighted by molar-refractivity contribution is 9.11. The molecular formula is C102H157Br4Cl3F2O6. The first kappa shape index (κ1) is 128. The summed E-state index contributed by atoms with van der Waals surface area (Å²) in [5.74, 6) is -0.0477. The van der Waals surface area contributed by atoms with E-state index in [1.807, 2.05) is 114 Å². The van der Waals surface area contributed by atoms with Crippen LogP contribution in [0, 0.1) is 32.4 Å². The summed E-state index contributed by atoms with van der Waals surface area (Å²) in [7, 11) is 5.00. The van der Waals surface area contributed by atoms with Gasteiger partial charge in [-0.15, -0.1) is 0 Å². The third kappa shape index (κ3) is 53.7. The van der Waals surface area contributed by atoms with E-state index in [-0.39, 0.29) is 75.2 Å². The zero-order valence-electron chi connectivity index (χ0n) is 77.1. The van der Waals surface area contributed by atoms with Crippen LogP contribution < -0.4 is 0 Å². The zero-order valence-corrected chi connectivity index (χ0v) is 85.7. The van der Waals surface area contributed by atoms with E-state index in [0.29, 0.717) is 10.8 Å². The van der Waals surface area contributed by atoms with Crippen molar-refractivity contribution in [3.63, 3.8) is 0 Å². The highest BCUT2D eigenvalue weighted by Gasteiger charge is 2.24. The molecule has 0 aliphatic carbocycles. The molecule has 664 valence electrons. The van der Waals surface area contributed by atoms with Gasteiger partial charge in [-0.25, -0.2) is 8.78 Å². The number of benzene rings is 9. The minimum Gasteiger partial charge on any atom is -0.508 e. The Bertz CT molecular complexity index is 3500. The molecule has 0 aliphatic rings. The van der Waals surface area contributed by atoms with Gasteiger partial charge >= 0.3 is 0 Å². The van der Waals surface area contributed by atoms with Crippen LogP contribution in [-0.2, 0) is 48.7 Å². The van der Waals surface area contributed by atoms with Crippen molar-refractivity contribution in [1.82, 2.24) is 0 Å². The van der Waals surface area contributed by atoms with Crippen LogP contribution in [0.15, 0.2) is 212 Å². The maximum atomic E-state index is 13.1. The Morgan fingerprint density at radius 3 is 0.692 bits per heavy atom. The van der Waals surface area contributed by atoms with Gasteiger partial charge in [0.25, 0.3) is 0 Å². The lowest BCUT2D eigenvalue weighted by molar-refractivity contribution is 0.399. The van der Waals surface area contributed by atoms with Crippen LogP contribution in [0.2, 0.25) is 15.1 Å². The summed E-state index contributed by atoms with van der Waals surface area (Å²) < 4.78 is 30.8. The van der Waals surface area contributed by atoms with E-state index in [2.05, 4.69) is 329 Å². The van der Waals surface area contributed by atoms with Gasteiger partial charge in [-0.2, -0.15) is 0 Å². The Hall–Kier alpha value is -4.77. The molecule has 0 radical (unpaired) electrons. The highest BCUT2D eigenvalue weighted by atomic mass is 79.9. The van der Waals surface area contributed by atoms with E-state index < -0.39 is 0 Å². The summed E-state index contributed by atoms with van der Waals surface area (Å²) in [5.41, 5.74) is 15.7. The largest absolute Gasteiger partial charge is 0.508 e. The molecule has 6 nitrogen and oxygen atoms in total. The molecule has 0 heterocycles. The van der Waals surface area contributed by atoms with Gasteiger partial charge in [-0.05, 0) is 203 Å². The average molecular weight is 1940 g/mol. The number of phenols is 1. The van der Waals surface area contributed by atoms with Crippen LogP contribution in [0.5, 0.6) is 5.75 Å². The first-order valence-electron chi connectivity index (χ1n) is 38.5. The van der Waals surface area contributed by atoms with Crippen molar-refractivity contribution in [2.75, 3.05) is 35.5 Å². The van der Waals surface area contributed by atoms with E-state index in [4.69, 9.17) is 65.4 Å². The van der Waals surface area contributed by atoms with Crippen molar-refractivity contribution in [3.8, 4) is 5.75 Å². The van der Waals surface area contributed by atoms with Crippen molar-refractivity contribution >= 4 is 98.5 Å². The second kappa shape index (κ2) is 62.3. The second-order valence-corrected chi connectivity index (χ2v) is 39.8. The second-order valence-electron chi connectivity index (χ2n) is 35.2. The number of halogens is 9. The molecule has 0 spiro atoms. The van der Waals surface area contributed by atoms with Crippen LogP contribution in [0.1, 0.15) is 282 Å². The fourth-order valence-corrected chi connectivity index (χ4v) is 16.0. The summed E-state index contributed by atoms with van der Waals surface area (Å²) in [5, 5.41) is 46.3. The molecule has 9 aromatic rings. The lowest BCUT2D eigenvalue weighted by Crippen LogP contribution is -2.14. The van der Waals surface area contributed by atoms with Crippen molar-refractivity contribution in [2.24, 2.45) is 0 Å². The lowest BCUT2D eigenvalue weighted by Gasteiger charge is -2.23. The third-order valence-corrected chi connectivity index (χ3v) is 19.7. The van der Waals surface area contributed by atoms with Gasteiger partial charge in [0.1, 0.15) is 17.4 Å². The molecule has 15 heteroatoms. The fourth-order valence-electron chi connectivity index (χ4n) is 10.9. The number of aliphatic hydroxyl groups is 5. The summed E-state index contributed by atoms with van der Waals surface area (Å²) in [6.07, 6.45) is 0. The number of hydrogen-bond acceptors (Lipinski definition) is 6. The Morgan fingerprint density at radius 1 is 0.265 bits per heavy atom. The summed E-state index contributed by atoms with van der Waals surface area (Å²) in [4.78, 5) is 0. The van der Waals surface area contributed by atoms with Crippen LogP contribution in [0.25, 0.3) is 0 Å². The Kier molecular flexibility index (Phi) is 68.1. The highest BCUT2D eigenvalue weighted by Crippen LogP contribution is 2.37. The molecule has 0 fully saturated rings. The summed E-state index contributed by atoms with van der Waals surface area (Å²) >= 11 is 32.3. The molecule has 9 rings (SSSR count). The molecule has 0 aromatic heterocycles. The van der Waals surface area contributed by atoms with Crippen molar-refractivity contribution in [1.29, 1.82) is 0 Å². The van der Waals surface area contributed by atoms with Gasteiger partial charge in [0, 0.05) is 68.5 Å². The molecule has 0 unspecified atom stereocenters. The van der Waals surface area contributed by atoms with Crippen LogP contribution >= 0.6 is 98.5 Å². The normalized spacial score (nSPS) is 10.6. The Morgan fingerprint density at radius 2 is 0.496 bits per heavy atom. The lowest BCUT2D eigenvalue weighted by atomic mass is 9.83. The number of rotatable bonds is 0. The smallest absolute Gasteiger partial charge is 0.126 e. The molecule has 0 saturated carbocycles. The van der Waals surface area contributed by atoms with Gasteiger partial charge < -0.3 is 30.6 Å². The average Bonchev–Trinajstić information content (AvgIpc) is 0.804. The molecule has 117 heavy (non-hydrogen) atoms. The molecule has 0 aliphatic heterocycles. The maximum Gasteiger partial charge on any atom is 0.126 e. The van der Waals surface area contributed by atoms with Gasteiger partial charge in [-0.1, -0.05) is 442 Å². The third-order valence-electron chi connectivity index (χ3n) is 16.0. The van der Waals surface area contributed by atoms with Crippen molar-refractivity contribution in [2.45, 2.75) is 285 Å². The van der Waals surface area contributed by atoms with Gasteiger partial charge in [-0.3, -0.25) is 0 Å². The number of aryl methyl sites for hydroxylation is 3. The quantitative estimate of drug-likeness (QED) is 0.0900. The van der Waals surface area contributed by atoms with E-state index in [0.717, 1.165) is 62.3 Å². The van der Waals surface area contributed by atoms with Crippen LogP contribution in [0.4, 0.5) is 8.78 Å². The molecule has 0 atom stereocenters. The Labute approximate surface area is 763 Å². The van der Waals surface area contributed by atoms with Crippen LogP contribution in [-0.4, -0.2) is 66.2 Å². The van der Waals surface area contributed by atoms with Crippen molar-refractivity contribution in [3.05, 3.63) is 305 Å².